The Bertz CT molecular complexity index is 794. The number of hydrogen-bond donors (Lipinski definition) is 0. The lowest BCUT2D eigenvalue weighted by Crippen LogP contribution is -2.51. The van der Waals surface area contributed by atoms with Crippen molar-refractivity contribution in [1.82, 2.24) is 4.90 Å². The molecule has 1 saturated carbocycles. The lowest BCUT2D eigenvalue weighted by molar-refractivity contribution is -0.134. The fourth-order valence-corrected chi connectivity index (χ4v) is 4.06. The Morgan fingerprint density at radius 2 is 1.73 bits per heavy atom. The molecule has 0 aromatic heterocycles. The fourth-order valence-electron chi connectivity index (χ4n) is 3.80. The van der Waals surface area contributed by atoms with Crippen LogP contribution in [0.1, 0.15) is 18.4 Å². The van der Waals surface area contributed by atoms with Crippen molar-refractivity contribution in [2.45, 2.75) is 18.3 Å². The van der Waals surface area contributed by atoms with Crippen molar-refractivity contribution in [3.63, 3.8) is 0 Å². The Morgan fingerprint density at radius 3 is 2.35 bits per heavy atom. The third kappa shape index (κ3) is 3.20. The number of carbonyl (C=O) groups excluding carboxylic acids is 1. The van der Waals surface area contributed by atoms with Crippen LogP contribution in [0.15, 0.2) is 53.0 Å². The molecule has 136 valence electrons. The average molecular weight is 415 g/mol. The molecule has 0 unspecified atom stereocenters. The van der Waals surface area contributed by atoms with E-state index in [4.69, 9.17) is 4.74 Å². The number of methoxy groups -OCH3 is 1. The van der Waals surface area contributed by atoms with Crippen LogP contribution in [-0.4, -0.2) is 44.1 Å². The van der Waals surface area contributed by atoms with Gasteiger partial charge in [0.15, 0.2) is 0 Å². The molecule has 2 fully saturated rings. The van der Waals surface area contributed by atoms with E-state index in [1.165, 1.54) is 0 Å². The summed E-state index contributed by atoms with van der Waals surface area (Å²) in [4.78, 5) is 17.6. The molecule has 1 heterocycles. The maximum absolute atomic E-state index is 13.2. The highest BCUT2D eigenvalue weighted by Gasteiger charge is 2.53. The molecule has 0 spiro atoms. The van der Waals surface area contributed by atoms with Crippen LogP contribution in [0.5, 0.6) is 5.75 Å². The van der Waals surface area contributed by atoms with Crippen LogP contribution < -0.4 is 9.64 Å². The highest BCUT2D eigenvalue weighted by molar-refractivity contribution is 9.10. The summed E-state index contributed by atoms with van der Waals surface area (Å²) in [7, 11) is 1.69. The number of benzene rings is 2. The predicted octanol–water partition coefficient (Wildman–Crippen LogP) is 3.84. The van der Waals surface area contributed by atoms with E-state index in [1.807, 2.05) is 29.2 Å². The molecule has 0 N–H and O–H groups in total. The summed E-state index contributed by atoms with van der Waals surface area (Å²) in [5.74, 6) is 1.17. The summed E-state index contributed by atoms with van der Waals surface area (Å²) in [6.07, 6.45) is 1.92. The lowest BCUT2D eigenvalue weighted by atomic mass is 9.94. The summed E-state index contributed by atoms with van der Waals surface area (Å²) in [6, 6.07) is 16.4. The third-order valence-electron chi connectivity index (χ3n) is 5.54. The van der Waals surface area contributed by atoms with Crippen molar-refractivity contribution in [3.05, 3.63) is 58.6 Å². The van der Waals surface area contributed by atoms with E-state index in [2.05, 4.69) is 45.1 Å². The first-order valence-corrected chi connectivity index (χ1v) is 9.86. The molecule has 0 atom stereocenters. The zero-order valence-corrected chi connectivity index (χ0v) is 16.5. The number of hydrogen-bond acceptors (Lipinski definition) is 3. The van der Waals surface area contributed by atoms with Crippen molar-refractivity contribution in [3.8, 4) is 5.75 Å². The second-order valence-corrected chi connectivity index (χ2v) is 7.99. The number of ether oxygens (including phenoxy) is 1. The van der Waals surface area contributed by atoms with Gasteiger partial charge in [-0.15, -0.1) is 0 Å². The molecule has 4 rings (SSSR count). The summed E-state index contributed by atoms with van der Waals surface area (Å²) in [6.45, 7) is 3.26. The first kappa shape index (κ1) is 17.4. The van der Waals surface area contributed by atoms with E-state index >= 15 is 0 Å². The van der Waals surface area contributed by atoms with Gasteiger partial charge < -0.3 is 14.5 Å². The van der Waals surface area contributed by atoms with Crippen molar-refractivity contribution < 1.29 is 9.53 Å². The molecule has 2 aliphatic rings. The fraction of sp³-hybridized carbons (Fsp3) is 0.381. The third-order valence-corrected chi connectivity index (χ3v) is 6.07. The van der Waals surface area contributed by atoms with Crippen molar-refractivity contribution >= 4 is 27.5 Å². The SMILES string of the molecule is COc1cccc(N2CCN(C(=O)C3(c4ccc(Br)cc4)CC3)CC2)c1. The summed E-state index contributed by atoms with van der Waals surface area (Å²) < 4.78 is 6.37. The molecule has 1 amide bonds. The predicted molar refractivity (Wildman–Crippen MR) is 107 cm³/mol. The van der Waals surface area contributed by atoms with Gasteiger partial charge >= 0.3 is 0 Å². The van der Waals surface area contributed by atoms with Crippen molar-refractivity contribution in [2.75, 3.05) is 38.2 Å². The van der Waals surface area contributed by atoms with Gasteiger partial charge in [0.2, 0.25) is 5.91 Å². The molecule has 4 nitrogen and oxygen atoms in total. The summed E-state index contributed by atoms with van der Waals surface area (Å²) in [5.41, 5.74) is 2.03. The van der Waals surface area contributed by atoms with Gasteiger partial charge in [-0.05, 0) is 42.7 Å². The maximum atomic E-state index is 13.2. The Kier molecular flexibility index (Phi) is 4.65. The number of piperazine rings is 1. The molecule has 5 heteroatoms. The van der Waals surface area contributed by atoms with Crippen LogP contribution in [-0.2, 0) is 10.2 Å². The minimum absolute atomic E-state index is 0.279. The molecule has 1 aliphatic carbocycles. The van der Waals surface area contributed by atoms with E-state index in [9.17, 15) is 4.79 Å². The molecule has 1 aliphatic heterocycles. The number of amides is 1. The van der Waals surface area contributed by atoms with E-state index < -0.39 is 0 Å². The smallest absolute Gasteiger partial charge is 0.233 e. The quantitative estimate of drug-likeness (QED) is 0.761. The van der Waals surface area contributed by atoms with Gasteiger partial charge in [0.25, 0.3) is 0 Å². The van der Waals surface area contributed by atoms with Crippen LogP contribution in [0, 0.1) is 0 Å². The van der Waals surface area contributed by atoms with Gasteiger partial charge in [0, 0.05) is 42.4 Å². The van der Waals surface area contributed by atoms with Gasteiger partial charge in [-0.1, -0.05) is 34.1 Å². The Balaban J connectivity index is 1.43. The first-order valence-electron chi connectivity index (χ1n) is 9.07. The zero-order valence-electron chi connectivity index (χ0n) is 15.0. The summed E-state index contributed by atoms with van der Waals surface area (Å²) in [5, 5.41) is 0. The zero-order chi connectivity index (χ0) is 18.1. The van der Waals surface area contributed by atoms with Crippen molar-refractivity contribution in [2.24, 2.45) is 0 Å². The van der Waals surface area contributed by atoms with Crippen LogP contribution >= 0.6 is 15.9 Å². The number of rotatable bonds is 4. The lowest BCUT2D eigenvalue weighted by Gasteiger charge is -2.38. The van der Waals surface area contributed by atoms with E-state index in [0.29, 0.717) is 5.91 Å². The number of halogens is 1. The van der Waals surface area contributed by atoms with Gasteiger partial charge in [-0.2, -0.15) is 0 Å². The average Bonchev–Trinajstić information content (AvgIpc) is 3.50. The van der Waals surface area contributed by atoms with E-state index in [1.54, 1.807) is 7.11 Å². The van der Waals surface area contributed by atoms with Crippen LogP contribution in [0.25, 0.3) is 0 Å². The van der Waals surface area contributed by atoms with Crippen molar-refractivity contribution in [1.29, 1.82) is 0 Å². The van der Waals surface area contributed by atoms with E-state index in [-0.39, 0.29) is 5.41 Å². The first-order chi connectivity index (χ1) is 12.6. The number of anilines is 1. The molecular weight excluding hydrogens is 392 g/mol. The molecule has 0 bridgehead atoms. The second-order valence-electron chi connectivity index (χ2n) is 7.07. The van der Waals surface area contributed by atoms with Gasteiger partial charge in [0.1, 0.15) is 5.75 Å². The minimum Gasteiger partial charge on any atom is -0.497 e. The summed E-state index contributed by atoms with van der Waals surface area (Å²) >= 11 is 3.48. The maximum Gasteiger partial charge on any atom is 0.233 e. The van der Waals surface area contributed by atoms with Gasteiger partial charge in [0.05, 0.1) is 12.5 Å². The van der Waals surface area contributed by atoms with E-state index in [0.717, 1.165) is 60.5 Å². The molecule has 0 radical (unpaired) electrons. The Morgan fingerprint density at radius 1 is 1.04 bits per heavy atom. The van der Waals surface area contributed by atoms with Gasteiger partial charge in [-0.25, -0.2) is 0 Å². The normalized spacial score (nSPS) is 18.5. The molecule has 26 heavy (non-hydrogen) atoms. The Labute approximate surface area is 162 Å². The number of carbonyl (C=O) groups is 1. The second kappa shape index (κ2) is 6.95. The molecular formula is C21H23BrN2O2. The van der Waals surface area contributed by atoms with Gasteiger partial charge in [-0.3, -0.25) is 4.79 Å². The number of nitrogens with zero attached hydrogens (tertiary/aromatic N) is 2. The monoisotopic (exact) mass is 414 g/mol. The molecule has 1 saturated heterocycles. The topological polar surface area (TPSA) is 32.8 Å². The van der Waals surface area contributed by atoms with Crippen LogP contribution in [0.4, 0.5) is 5.69 Å². The molecule has 2 aromatic carbocycles. The van der Waals surface area contributed by atoms with Crippen LogP contribution in [0.2, 0.25) is 0 Å². The Hall–Kier alpha value is -2.01. The van der Waals surface area contributed by atoms with Crippen LogP contribution in [0.3, 0.4) is 0 Å². The largest absolute Gasteiger partial charge is 0.497 e. The highest BCUT2D eigenvalue weighted by atomic mass is 79.9. The molecule has 2 aromatic rings. The standard InChI is InChI=1S/C21H23BrN2O2/c1-26-19-4-2-3-18(15-19)23-11-13-24(14-12-23)20(25)21(9-10-21)16-5-7-17(22)8-6-16/h2-8,15H,9-14H2,1H3. The highest BCUT2D eigenvalue weighted by Crippen LogP contribution is 2.50. The minimum atomic E-state index is -0.279.